The van der Waals surface area contributed by atoms with Crippen molar-refractivity contribution in [3.8, 4) is 0 Å². The summed E-state index contributed by atoms with van der Waals surface area (Å²) in [6, 6.07) is 10.3. The molecule has 0 unspecified atom stereocenters. The molecule has 1 saturated heterocycles. The molecule has 1 aliphatic carbocycles. The highest BCUT2D eigenvalue weighted by atomic mass is 16.3. The molecule has 2 aromatic rings. The largest absolute Gasteiger partial charge is 0.393 e. The average molecular weight is 364 g/mol. The van der Waals surface area contributed by atoms with E-state index in [1.54, 1.807) is 0 Å². The number of nitrogens with zero attached hydrogens (tertiary/aromatic N) is 3. The molecule has 5 rings (SSSR count). The van der Waals surface area contributed by atoms with Gasteiger partial charge in [0.25, 0.3) is 5.91 Å². The number of aromatic nitrogens is 2. The minimum atomic E-state index is -0.182. The number of rotatable bonds is 4. The Morgan fingerprint density at radius 2 is 2.00 bits per heavy atom. The summed E-state index contributed by atoms with van der Waals surface area (Å²) >= 11 is 0. The van der Waals surface area contributed by atoms with Gasteiger partial charge in [-0.05, 0) is 30.7 Å². The lowest BCUT2D eigenvalue weighted by molar-refractivity contribution is -0.00399. The number of aryl methyl sites for hydroxylation is 2. The lowest BCUT2D eigenvalue weighted by atomic mass is 9.74. The van der Waals surface area contributed by atoms with Crippen LogP contribution in [0.1, 0.15) is 33.9 Å². The molecule has 27 heavy (non-hydrogen) atoms. The second kappa shape index (κ2) is 6.60. The predicted octanol–water partition coefficient (Wildman–Crippen LogP) is 1.36. The van der Waals surface area contributed by atoms with Gasteiger partial charge in [0.1, 0.15) is 17.3 Å². The molecule has 3 heterocycles. The predicted molar refractivity (Wildman–Crippen MR) is 102 cm³/mol. The van der Waals surface area contributed by atoms with Gasteiger partial charge >= 0.3 is 0 Å². The first kappa shape index (κ1) is 16.7. The molecular weight excluding hydrogens is 340 g/mol. The summed E-state index contributed by atoms with van der Waals surface area (Å²) in [4.78, 5) is 24.2. The van der Waals surface area contributed by atoms with E-state index in [0.717, 1.165) is 49.6 Å². The normalized spacial score (nSPS) is 26.2. The van der Waals surface area contributed by atoms with Crippen LogP contribution in [0.5, 0.6) is 0 Å². The van der Waals surface area contributed by atoms with Crippen molar-refractivity contribution in [1.29, 1.82) is 0 Å². The Balaban J connectivity index is 1.45. The van der Waals surface area contributed by atoms with Crippen LogP contribution in [0.25, 0.3) is 0 Å². The molecule has 2 N–H and O–H groups in total. The molecule has 1 amide bonds. The van der Waals surface area contributed by atoms with E-state index >= 15 is 0 Å². The van der Waals surface area contributed by atoms with Crippen LogP contribution in [0.4, 0.5) is 5.82 Å². The quantitative estimate of drug-likeness (QED) is 0.857. The zero-order valence-electron chi connectivity index (χ0n) is 15.3. The molecule has 2 aliphatic heterocycles. The van der Waals surface area contributed by atoms with Gasteiger partial charge in [0.15, 0.2) is 0 Å². The zero-order valence-corrected chi connectivity index (χ0v) is 15.3. The molecule has 1 saturated carbocycles. The molecule has 3 atom stereocenters. The fraction of sp³-hybridized carbons (Fsp3) is 0.476. The van der Waals surface area contributed by atoms with E-state index in [0.29, 0.717) is 30.5 Å². The standard InChI is InChI=1S/C21H24N4O2/c26-17-10-14-11-25(12-16(14)17)20-15-8-9-22-21(27)19(15)23-18(24-20)7-6-13-4-2-1-3-5-13/h1-5,14,16-17,26H,6-12H2,(H,22,27)/t14-,16+,17-/m0/s1. The molecule has 6 heteroatoms. The first-order valence-corrected chi connectivity index (χ1v) is 9.84. The Morgan fingerprint density at radius 3 is 2.78 bits per heavy atom. The van der Waals surface area contributed by atoms with E-state index in [9.17, 15) is 9.90 Å². The summed E-state index contributed by atoms with van der Waals surface area (Å²) in [6.07, 6.45) is 3.03. The van der Waals surface area contributed by atoms with Gasteiger partial charge in [-0.25, -0.2) is 9.97 Å². The molecule has 1 aromatic heterocycles. The maximum absolute atomic E-state index is 12.4. The number of benzene rings is 1. The summed E-state index contributed by atoms with van der Waals surface area (Å²) in [5.41, 5.74) is 2.75. The number of fused-ring (bicyclic) bond motifs is 2. The Morgan fingerprint density at radius 1 is 1.15 bits per heavy atom. The molecule has 0 bridgehead atoms. The van der Waals surface area contributed by atoms with Gasteiger partial charge in [-0.1, -0.05) is 30.3 Å². The third-order valence-electron chi connectivity index (χ3n) is 6.22. The summed E-state index contributed by atoms with van der Waals surface area (Å²) in [5, 5.41) is 12.9. The lowest BCUT2D eigenvalue weighted by Gasteiger charge is -2.34. The number of hydrogen-bond acceptors (Lipinski definition) is 5. The highest BCUT2D eigenvalue weighted by molar-refractivity contribution is 5.96. The third-order valence-corrected chi connectivity index (χ3v) is 6.22. The monoisotopic (exact) mass is 364 g/mol. The van der Waals surface area contributed by atoms with Gasteiger partial charge in [-0.15, -0.1) is 0 Å². The third kappa shape index (κ3) is 2.98. The second-order valence-corrected chi connectivity index (χ2v) is 7.91. The highest BCUT2D eigenvalue weighted by Gasteiger charge is 2.47. The van der Waals surface area contributed by atoms with E-state index in [2.05, 4.69) is 27.3 Å². The maximum Gasteiger partial charge on any atom is 0.270 e. The number of aliphatic hydroxyl groups is 1. The zero-order chi connectivity index (χ0) is 18.4. The number of aliphatic hydroxyl groups excluding tert-OH is 1. The number of carbonyl (C=O) groups is 1. The first-order valence-electron chi connectivity index (χ1n) is 9.84. The molecule has 6 nitrogen and oxygen atoms in total. The van der Waals surface area contributed by atoms with Crippen molar-refractivity contribution in [1.82, 2.24) is 15.3 Å². The Hall–Kier alpha value is -2.47. The van der Waals surface area contributed by atoms with Crippen molar-refractivity contribution in [3.63, 3.8) is 0 Å². The molecule has 0 radical (unpaired) electrons. The van der Waals surface area contributed by atoms with Crippen LogP contribution in [0.15, 0.2) is 30.3 Å². The topological polar surface area (TPSA) is 78.4 Å². The van der Waals surface area contributed by atoms with Crippen LogP contribution in [0, 0.1) is 11.8 Å². The molecule has 1 aromatic carbocycles. The fourth-order valence-electron chi connectivity index (χ4n) is 4.64. The van der Waals surface area contributed by atoms with Gasteiger partial charge in [0.05, 0.1) is 6.10 Å². The molecule has 140 valence electrons. The summed E-state index contributed by atoms with van der Waals surface area (Å²) < 4.78 is 0. The highest BCUT2D eigenvalue weighted by Crippen LogP contribution is 2.43. The smallest absolute Gasteiger partial charge is 0.270 e. The van der Waals surface area contributed by atoms with E-state index in [-0.39, 0.29) is 12.0 Å². The number of nitrogens with one attached hydrogen (secondary N) is 1. The summed E-state index contributed by atoms with van der Waals surface area (Å²) in [7, 11) is 0. The number of carbonyl (C=O) groups excluding carboxylic acids is 1. The fourth-order valence-corrected chi connectivity index (χ4v) is 4.64. The van der Waals surface area contributed by atoms with Crippen molar-refractivity contribution < 1.29 is 9.90 Å². The van der Waals surface area contributed by atoms with E-state index < -0.39 is 0 Å². The molecule has 2 fully saturated rings. The van der Waals surface area contributed by atoms with Crippen molar-refractivity contribution in [2.75, 3.05) is 24.5 Å². The van der Waals surface area contributed by atoms with Gasteiger partial charge in [-0.3, -0.25) is 4.79 Å². The van der Waals surface area contributed by atoms with Gasteiger partial charge < -0.3 is 15.3 Å². The number of amides is 1. The Kier molecular flexibility index (Phi) is 4.08. The van der Waals surface area contributed by atoms with E-state index in [1.165, 1.54) is 5.56 Å². The minimum absolute atomic E-state index is 0.0944. The van der Waals surface area contributed by atoms with Crippen LogP contribution >= 0.6 is 0 Å². The van der Waals surface area contributed by atoms with E-state index in [4.69, 9.17) is 4.98 Å². The summed E-state index contributed by atoms with van der Waals surface area (Å²) in [5.74, 6) is 2.45. The number of hydrogen-bond donors (Lipinski definition) is 2. The van der Waals surface area contributed by atoms with Gasteiger partial charge in [0.2, 0.25) is 0 Å². The molecule has 0 spiro atoms. The van der Waals surface area contributed by atoms with Crippen molar-refractivity contribution in [2.24, 2.45) is 11.8 Å². The Bertz CT molecular complexity index is 870. The van der Waals surface area contributed by atoms with Crippen LogP contribution in [-0.2, 0) is 19.3 Å². The lowest BCUT2D eigenvalue weighted by Crippen LogP contribution is -2.39. The molecular formula is C21H24N4O2. The number of anilines is 1. The second-order valence-electron chi connectivity index (χ2n) is 7.91. The van der Waals surface area contributed by atoms with Crippen LogP contribution < -0.4 is 10.2 Å². The first-order chi connectivity index (χ1) is 13.2. The van der Waals surface area contributed by atoms with Crippen molar-refractivity contribution in [3.05, 3.63) is 53.0 Å². The minimum Gasteiger partial charge on any atom is -0.393 e. The Labute approximate surface area is 158 Å². The van der Waals surface area contributed by atoms with E-state index in [1.807, 2.05) is 18.2 Å². The maximum atomic E-state index is 12.4. The van der Waals surface area contributed by atoms with Crippen molar-refractivity contribution >= 4 is 11.7 Å². The van der Waals surface area contributed by atoms with Gasteiger partial charge in [0, 0.05) is 37.5 Å². The average Bonchev–Trinajstić information content (AvgIpc) is 3.04. The van der Waals surface area contributed by atoms with Crippen molar-refractivity contribution in [2.45, 2.75) is 31.8 Å². The van der Waals surface area contributed by atoms with Crippen LogP contribution in [0.2, 0.25) is 0 Å². The van der Waals surface area contributed by atoms with Crippen LogP contribution in [0.3, 0.4) is 0 Å². The van der Waals surface area contributed by atoms with Gasteiger partial charge in [-0.2, -0.15) is 0 Å². The molecule has 3 aliphatic rings. The SMILES string of the molecule is O=C1NCCc2c1nc(CCc1ccccc1)nc2N1C[C@@H]2C[C@H](O)[C@@H]2C1. The summed E-state index contributed by atoms with van der Waals surface area (Å²) in [6.45, 7) is 2.38. The van der Waals surface area contributed by atoms with Crippen LogP contribution in [-0.4, -0.2) is 46.7 Å².